The first kappa shape index (κ1) is 8.81. The van der Waals surface area contributed by atoms with Crippen LogP contribution in [0.25, 0.3) is 10.9 Å². The maximum Gasteiger partial charge on any atom is 0.145 e. The molecule has 72 valence electrons. The predicted molar refractivity (Wildman–Crippen MR) is 57.8 cm³/mol. The first-order chi connectivity index (χ1) is 6.85. The second-order valence-electron chi connectivity index (χ2n) is 2.98. The van der Waals surface area contributed by atoms with Gasteiger partial charge in [0, 0.05) is 12.4 Å². The summed E-state index contributed by atoms with van der Waals surface area (Å²) >= 11 is 0. The average Bonchev–Trinajstić information content (AvgIpc) is 2.27. The van der Waals surface area contributed by atoms with Gasteiger partial charge in [-0.25, -0.2) is 4.98 Å². The highest BCUT2D eigenvalue weighted by Gasteiger charge is 2.02. The second-order valence-corrected chi connectivity index (χ2v) is 2.98. The third-order valence-electron chi connectivity index (χ3n) is 2.16. The molecule has 14 heavy (non-hydrogen) atoms. The molecule has 1 heterocycles. The Labute approximate surface area is 82.7 Å². The topological polar surface area (TPSA) is 34.1 Å². The number of ether oxygens (including phenoxy) is 1. The number of anilines is 1. The van der Waals surface area contributed by atoms with Crippen LogP contribution in [0.1, 0.15) is 0 Å². The van der Waals surface area contributed by atoms with Crippen LogP contribution in [-0.4, -0.2) is 19.1 Å². The van der Waals surface area contributed by atoms with Gasteiger partial charge >= 0.3 is 0 Å². The number of nitrogens with one attached hydrogen (secondary N) is 1. The van der Waals surface area contributed by atoms with Crippen LogP contribution in [0.5, 0.6) is 5.75 Å². The first-order valence-corrected chi connectivity index (χ1v) is 4.46. The molecule has 2 aromatic rings. The second kappa shape index (κ2) is 3.54. The predicted octanol–water partition coefficient (Wildman–Crippen LogP) is 2.29. The van der Waals surface area contributed by atoms with Crippen molar-refractivity contribution < 1.29 is 4.74 Å². The fourth-order valence-corrected chi connectivity index (χ4v) is 1.42. The SMILES string of the molecule is CNc1ccc2cccc(OC)c2n1. The average molecular weight is 188 g/mol. The molecule has 0 saturated carbocycles. The van der Waals surface area contributed by atoms with E-state index in [1.54, 1.807) is 7.11 Å². The van der Waals surface area contributed by atoms with E-state index in [1.165, 1.54) is 0 Å². The number of fused-ring (bicyclic) bond motifs is 1. The minimum atomic E-state index is 0.805. The Hall–Kier alpha value is -1.77. The molecule has 0 unspecified atom stereocenters. The Morgan fingerprint density at radius 1 is 1.21 bits per heavy atom. The van der Waals surface area contributed by atoms with Gasteiger partial charge in [0.05, 0.1) is 7.11 Å². The lowest BCUT2D eigenvalue weighted by atomic mass is 10.2. The Morgan fingerprint density at radius 3 is 2.79 bits per heavy atom. The minimum Gasteiger partial charge on any atom is -0.494 e. The van der Waals surface area contributed by atoms with E-state index in [4.69, 9.17) is 4.74 Å². The molecular formula is C11H12N2O. The molecule has 0 aliphatic heterocycles. The maximum absolute atomic E-state index is 5.24. The molecule has 2 rings (SSSR count). The number of methoxy groups -OCH3 is 1. The number of benzene rings is 1. The molecule has 0 saturated heterocycles. The molecule has 3 heteroatoms. The summed E-state index contributed by atoms with van der Waals surface area (Å²) in [6, 6.07) is 9.86. The van der Waals surface area contributed by atoms with E-state index in [9.17, 15) is 0 Å². The van der Waals surface area contributed by atoms with Crippen molar-refractivity contribution in [3.05, 3.63) is 30.3 Å². The smallest absolute Gasteiger partial charge is 0.145 e. The number of para-hydroxylation sites is 1. The van der Waals surface area contributed by atoms with Gasteiger partial charge in [-0.1, -0.05) is 12.1 Å². The van der Waals surface area contributed by atoms with E-state index < -0.39 is 0 Å². The third-order valence-corrected chi connectivity index (χ3v) is 2.16. The zero-order valence-electron chi connectivity index (χ0n) is 8.24. The van der Waals surface area contributed by atoms with Crippen molar-refractivity contribution >= 4 is 16.7 Å². The van der Waals surface area contributed by atoms with Crippen molar-refractivity contribution in [2.24, 2.45) is 0 Å². The third kappa shape index (κ3) is 1.37. The number of rotatable bonds is 2. The van der Waals surface area contributed by atoms with Crippen LogP contribution in [0.2, 0.25) is 0 Å². The van der Waals surface area contributed by atoms with E-state index in [2.05, 4.69) is 10.3 Å². The van der Waals surface area contributed by atoms with Gasteiger partial charge in [-0.05, 0) is 18.2 Å². The van der Waals surface area contributed by atoms with E-state index in [0.717, 1.165) is 22.5 Å². The van der Waals surface area contributed by atoms with Crippen molar-refractivity contribution in [3.63, 3.8) is 0 Å². The van der Waals surface area contributed by atoms with Crippen LogP contribution < -0.4 is 10.1 Å². The fourth-order valence-electron chi connectivity index (χ4n) is 1.42. The van der Waals surface area contributed by atoms with Gasteiger partial charge < -0.3 is 10.1 Å². The Kier molecular flexibility index (Phi) is 2.23. The van der Waals surface area contributed by atoms with E-state index in [0.29, 0.717) is 0 Å². The van der Waals surface area contributed by atoms with Crippen molar-refractivity contribution in [2.75, 3.05) is 19.5 Å². The molecule has 1 N–H and O–H groups in total. The number of aromatic nitrogens is 1. The van der Waals surface area contributed by atoms with Gasteiger partial charge in [-0.2, -0.15) is 0 Å². The summed E-state index contributed by atoms with van der Waals surface area (Å²) in [5.74, 6) is 1.65. The van der Waals surface area contributed by atoms with E-state index in [1.807, 2.05) is 37.4 Å². The largest absolute Gasteiger partial charge is 0.494 e. The fraction of sp³-hybridized carbons (Fsp3) is 0.182. The highest BCUT2D eigenvalue weighted by Crippen LogP contribution is 2.24. The van der Waals surface area contributed by atoms with Crippen LogP contribution in [0, 0.1) is 0 Å². The first-order valence-electron chi connectivity index (χ1n) is 4.46. The molecule has 0 bridgehead atoms. The molecular weight excluding hydrogens is 176 g/mol. The molecule has 0 radical (unpaired) electrons. The van der Waals surface area contributed by atoms with Gasteiger partial charge in [-0.3, -0.25) is 0 Å². The van der Waals surface area contributed by atoms with Gasteiger partial charge in [0.15, 0.2) is 0 Å². The zero-order valence-corrected chi connectivity index (χ0v) is 8.24. The van der Waals surface area contributed by atoms with Gasteiger partial charge in [0.25, 0.3) is 0 Å². The molecule has 0 fully saturated rings. The van der Waals surface area contributed by atoms with Gasteiger partial charge in [-0.15, -0.1) is 0 Å². The highest BCUT2D eigenvalue weighted by molar-refractivity contribution is 5.85. The van der Waals surface area contributed by atoms with Crippen molar-refractivity contribution in [2.45, 2.75) is 0 Å². The zero-order chi connectivity index (χ0) is 9.97. The molecule has 0 aliphatic carbocycles. The Bertz CT molecular complexity index is 454. The lowest BCUT2D eigenvalue weighted by Gasteiger charge is -2.05. The van der Waals surface area contributed by atoms with Crippen molar-refractivity contribution in [3.8, 4) is 5.75 Å². The van der Waals surface area contributed by atoms with Crippen LogP contribution >= 0.6 is 0 Å². The van der Waals surface area contributed by atoms with Crippen LogP contribution in [-0.2, 0) is 0 Å². The van der Waals surface area contributed by atoms with E-state index >= 15 is 0 Å². The molecule has 0 amide bonds. The van der Waals surface area contributed by atoms with Crippen LogP contribution in [0.3, 0.4) is 0 Å². The number of pyridine rings is 1. The maximum atomic E-state index is 5.24. The molecule has 3 nitrogen and oxygen atoms in total. The van der Waals surface area contributed by atoms with Gasteiger partial charge in [0.1, 0.15) is 17.1 Å². The highest BCUT2D eigenvalue weighted by atomic mass is 16.5. The van der Waals surface area contributed by atoms with Crippen LogP contribution in [0.15, 0.2) is 30.3 Å². The molecule has 1 aromatic carbocycles. The number of hydrogen-bond donors (Lipinski definition) is 1. The summed E-state index contributed by atoms with van der Waals surface area (Å²) in [7, 11) is 3.51. The summed E-state index contributed by atoms with van der Waals surface area (Å²) in [5.41, 5.74) is 0.891. The van der Waals surface area contributed by atoms with Crippen molar-refractivity contribution in [1.29, 1.82) is 0 Å². The minimum absolute atomic E-state index is 0.805. The summed E-state index contributed by atoms with van der Waals surface area (Å²) in [5, 5.41) is 4.09. The summed E-state index contributed by atoms with van der Waals surface area (Å²) < 4.78 is 5.24. The summed E-state index contributed by atoms with van der Waals surface area (Å²) in [6.45, 7) is 0. The Balaban J connectivity index is 2.70. The Morgan fingerprint density at radius 2 is 2.07 bits per heavy atom. The standard InChI is InChI=1S/C11H12N2O/c1-12-10-7-6-8-4-3-5-9(14-2)11(8)13-10/h3-7H,1-2H3,(H,12,13). The van der Waals surface area contributed by atoms with Crippen LogP contribution in [0.4, 0.5) is 5.82 Å². The number of hydrogen-bond acceptors (Lipinski definition) is 3. The lowest BCUT2D eigenvalue weighted by Crippen LogP contribution is -1.93. The monoisotopic (exact) mass is 188 g/mol. The molecule has 0 spiro atoms. The van der Waals surface area contributed by atoms with Crippen molar-refractivity contribution in [1.82, 2.24) is 4.98 Å². The van der Waals surface area contributed by atoms with E-state index in [-0.39, 0.29) is 0 Å². The normalized spacial score (nSPS) is 10.1. The summed E-state index contributed by atoms with van der Waals surface area (Å²) in [6.07, 6.45) is 0. The van der Waals surface area contributed by atoms with Gasteiger partial charge in [0.2, 0.25) is 0 Å². The summed E-state index contributed by atoms with van der Waals surface area (Å²) in [4.78, 5) is 4.43. The molecule has 0 atom stereocenters. The molecule has 1 aromatic heterocycles. The molecule has 0 aliphatic rings. The lowest BCUT2D eigenvalue weighted by molar-refractivity contribution is 0.419. The number of nitrogens with zero attached hydrogens (tertiary/aromatic N) is 1. The quantitative estimate of drug-likeness (QED) is 0.785.